The van der Waals surface area contributed by atoms with Crippen LogP contribution in [-0.2, 0) is 45.9 Å². The summed E-state index contributed by atoms with van der Waals surface area (Å²) in [4.78, 5) is 55.6. The summed E-state index contributed by atoms with van der Waals surface area (Å²) in [5.74, 6) is -0.716. The largest absolute Gasteiger partial charge is 0.358 e. The van der Waals surface area contributed by atoms with Crippen molar-refractivity contribution in [1.82, 2.24) is 30.2 Å². The van der Waals surface area contributed by atoms with Gasteiger partial charge in [0.2, 0.25) is 11.8 Å². The number of aryl methyl sites for hydroxylation is 2. The minimum atomic E-state index is -1.20. The molecule has 1 unspecified atom stereocenters. The van der Waals surface area contributed by atoms with Gasteiger partial charge in [-0.15, -0.1) is 0 Å². The summed E-state index contributed by atoms with van der Waals surface area (Å²) in [6, 6.07) is 9.89. The van der Waals surface area contributed by atoms with Crippen molar-refractivity contribution in [1.29, 1.82) is 0 Å². The summed E-state index contributed by atoms with van der Waals surface area (Å²) in [6.07, 6.45) is 7.99. The standard InChI is InChI=1S/C32H33FN6O4/c1-34-28(40)17-37-15-24(14-35-37)20-5-8-26-22(12-20)10-11-32(26)30(42)39(31(43)36-32)18-29(41)38-16-23-4-7-25(33)13-21(23)6-9-27(38)19-2-3-19/h4-5,7-8,12-15,19,27H,2-3,6,9-11,16-18H2,1H3,(H,34,40)(H,36,43)/t27-,32?/m1/s1. The molecule has 0 radical (unpaired) electrons. The van der Waals surface area contributed by atoms with Gasteiger partial charge in [0.05, 0.1) is 6.20 Å². The van der Waals surface area contributed by atoms with Gasteiger partial charge in [0.15, 0.2) is 0 Å². The van der Waals surface area contributed by atoms with Crippen LogP contribution < -0.4 is 10.6 Å². The van der Waals surface area contributed by atoms with E-state index in [4.69, 9.17) is 0 Å². The van der Waals surface area contributed by atoms with E-state index in [0.29, 0.717) is 31.7 Å². The van der Waals surface area contributed by atoms with Gasteiger partial charge < -0.3 is 15.5 Å². The summed E-state index contributed by atoms with van der Waals surface area (Å²) in [5.41, 5.74) is 4.05. The number of benzene rings is 2. The molecule has 11 heteroatoms. The molecule has 2 atom stereocenters. The minimum Gasteiger partial charge on any atom is -0.358 e. The van der Waals surface area contributed by atoms with E-state index in [1.165, 1.54) is 6.07 Å². The molecule has 2 N–H and O–H groups in total. The van der Waals surface area contributed by atoms with Crippen LogP contribution in [0, 0.1) is 11.7 Å². The number of hydrogen-bond acceptors (Lipinski definition) is 5. The maximum Gasteiger partial charge on any atom is 0.325 e. The number of fused-ring (bicyclic) bond motifs is 3. The van der Waals surface area contributed by atoms with Gasteiger partial charge in [0, 0.05) is 31.4 Å². The smallest absolute Gasteiger partial charge is 0.325 e. The highest BCUT2D eigenvalue weighted by Crippen LogP contribution is 2.43. The fourth-order valence-electron chi connectivity index (χ4n) is 7.01. The summed E-state index contributed by atoms with van der Waals surface area (Å²) in [5, 5.41) is 9.78. The molecule has 1 saturated heterocycles. The Labute approximate surface area is 248 Å². The second-order valence-corrected chi connectivity index (χ2v) is 12.1. The van der Waals surface area contributed by atoms with E-state index in [1.807, 2.05) is 23.1 Å². The van der Waals surface area contributed by atoms with Gasteiger partial charge in [0.25, 0.3) is 5.91 Å². The molecule has 3 heterocycles. The third kappa shape index (κ3) is 4.76. The normalized spacial score (nSPS) is 22.8. The molecule has 2 aromatic carbocycles. The van der Waals surface area contributed by atoms with Crippen LogP contribution in [0.1, 0.15) is 47.9 Å². The Morgan fingerprint density at radius 3 is 2.65 bits per heavy atom. The lowest BCUT2D eigenvalue weighted by molar-refractivity contribution is -0.141. The first-order chi connectivity index (χ1) is 20.8. The first kappa shape index (κ1) is 27.3. The lowest BCUT2D eigenvalue weighted by Gasteiger charge is -2.31. The molecule has 2 fully saturated rings. The van der Waals surface area contributed by atoms with Crippen molar-refractivity contribution in [2.45, 2.75) is 63.2 Å². The molecule has 222 valence electrons. The highest BCUT2D eigenvalue weighted by atomic mass is 19.1. The Morgan fingerprint density at radius 1 is 1.02 bits per heavy atom. The van der Waals surface area contributed by atoms with Crippen molar-refractivity contribution in [3.05, 3.63) is 76.9 Å². The number of carbonyl (C=O) groups excluding carboxylic acids is 4. The summed E-state index contributed by atoms with van der Waals surface area (Å²) < 4.78 is 15.5. The molecule has 0 bridgehead atoms. The zero-order valence-corrected chi connectivity index (χ0v) is 23.9. The van der Waals surface area contributed by atoms with Crippen LogP contribution >= 0.6 is 0 Å². The molecule has 1 aromatic heterocycles. The predicted molar refractivity (Wildman–Crippen MR) is 154 cm³/mol. The SMILES string of the molecule is CNC(=O)Cn1cc(-c2ccc3c(c2)CCC32NC(=O)N(CC(=O)N3Cc4ccc(F)cc4CC[C@@H]3C3CC3)C2=O)cn1. The number of nitrogens with zero attached hydrogens (tertiary/aromatic N) is 4. The van der Waals surface area contributed by atoms with Crippen LogP contribution in [0.4, 0.5) is 9.18 Å². The van der Waals surface area contributed by atoms with E-state index < -0.39 is 17.5 Å². The van der Waals surface area contributed by atoms with Gasteiger partial charge in [-0.25, -0.2) is 9.18 Å². The van der Waals surface area contributed by atoms with Crippen molar-refractivity contribution >= 4 is 23.8 Å². The predicted octanol–water partition coefficient (Wildman–Crippen LogP) is 2.88. The number of amides is 5. The number of carbonyl (C=O) groups is 4. The minimum absolute atomic E-state index is 0.00373. The fraction of sp³-hybridized carbons (Fsp3) is 0.406. The highest BCUT2D eigenvalue weighted by molar-refractivity contribution is 6.10. The second-order valence-electron chi connectivity index (χ2n) is 12.1. The van der Waals surface area contributed by atoms with Crippen LogP contribution in [0.3, 0.4) is 0 Å². The Hall–Kier alpha value is -4.54. The summed E-state index contributed by atoms with van der Waals surface area (Å²) in [6.45, 7) is 0.128. The molecule has 1 spiro atoms. The molecule has 5 amide bonds. The van der Waals surface area contributed by atoms with Crippen LogP contribution in [-0.4, -0.2) is 63.0 Å². The Kier molecular flexibility index (Phi) is 6.55. The first-order valence-electron chi connectivity index (χ1n) is 14.8. The Bertz CT molecular complexity index is 1660. The molecule has 1 saturated carbocycles. The fourth-order valence-corrected chi connectivity index (χ4v) is 7.01. The quantitative estimate of drug-likeness (QED) is 0.433. The highest BCUT2D eigenvalue weighted by Gasteiger charge is 2.56. The van der Waals surface area contributed by atoms with Crippen molar-refractivity contribution < 1.29 is 23.6 Å². The number of imide groups is 1. The monoisotopic (exact) mass is 584 g/mol. The van der Waals surface area contributed by atoms with Crippen LogP contribution in [0.25, 0.3) is 11.1 Å². The van der Waals surface area contributed by atoms with E-state index in [1.54, 1.807) is 36.3 Å². The third-order valence-corrected chi connectivity index (χ3v) is 9.46. The van der Waals surface area contributed by atoms with E-state index in [0.717, 1.165) is 57.5 Å². The van der Waals surface area contributed by atoms with Crippen molar-refractivity contribution in [2.75, 3.05) is 13.6 Å². The molecule has 2 aliphatic carbocycles. The Morgan fingerprint density at radius 2 is 1.86 bits per heavy atom. The van der Waals surface area contributed by atoms with E-state index in [9.17, 15) is 23.6 Å². The molecule has 4 aliphatic rings. The number of urea groups is 1. The maximum absolute atomic E-state index is 13.9. The summed E-state index contributed by atoms with van der Waals surface area (Å²) in [7, 11) is 1.57. The molecular formula is C32H33FN6O4. The first-order valence-corrected chi connectivity index (χ1v) is 14.8. The molecule has 43 heavy (non-hydrogen) atoms. The average Bonchev–Trinajstić information content (AvgIpc) is 3.61. The van der Waals surface area contributed by atoms with E-state index in [-0.39, 0.29) is 36.8 Å². The number of aromatic nitrogens is 2. The van der Waals surface area contributed by atoms with Gasteiger partial charge >= 0.3 is 6.03 Å². The second kappa shape index (κ2) is 10.3. The van der Waals surface area contributed by atoms with Gasteiger partial charge in [-0.3, -0.25) is 24.0 Å². The maximum atomic E-state index is 13.9. The Balaban J connectivity index is 1.10. The van der Waals surface area contributed by atoms with Gasteiger partial charge in [0.1, 0.15) is 24.4 Å². The number of halogens is 1. The zero-order valence-electron chi connectivity index (χ0n) is 23.9. The van der Waals surface area contributed by atoms with Crippen LogP contribution in [0.15, 0.2) is 48.8 Å². The van der Waals surface area contributed by atoms with Crippen LogP contribution in [0.5, 0.6) is 0 Å². The summed E-state index contributed by atoms with van der Waals surface area (Å²) >= 11 is 0. The molecule has 7 rings (SSSR count). The number of hydrogen-bond donors (Lipinski definition) is 2. The van der Waals surface area contributed by atoms with Crippen molar-refractivity contribution in [3.8, 4) is 11.1 Å². The number of rotatable bonds is 6. The molecule has 2 aliphatic heterocycles. The lowest BCUT2D eigenvalue weighted by Crippen LogP contribution is -2.48. The molecular weight excluding hydrogens is 551 g/mol. The zero-order chi connectivity index (χ0) is 29.9. The van der Waals surface area contributed by atoms with Gasteiger partial charge in [-0.05, 0) is 84.4 Å². The number of nitrogens with one attached hydrogen (secondary N) is 2. The third-order valence-electron chi connectivity index (χ3n) is 9.46. The lowest BCUT2D eigenvalue weighted by atomic mass is 9.90. The number of likely N-dealkylation sites (N-methyl/N-ethyl adjacent to an activating group) is 1. The van der Waals surface area contributed by atoms with Gasteiger partial charge in [-0.1, -0.05) is 24.3 Å². The van der Waals surface area contributed by atoms with Crippen LogP contribution in [0.2, 0.25) is 0 Å². The van der Waals surface area contributed by atoms with Crippen molar-refractivity contribution in [2.24, 2.45) is 5.92 Å². The topological polar surface area (TPSA) is 117 Å². The molecule has 3 aromatic rings. The van der Waals surface area contributed by atoms with E-state index >= 15 is 0 Å². The van der Waals surface area contributed by atoms with Crippen molar-refractivity contribution in [3.63, 3.8) is 0 Å². The molecule has 10 nitrogen and oxygen atoms in total. The average molecular weight is 585 g/mol. The van der Waals surface area contributed by atoms with E-state index in [2.05, 4.69) is 15.7 Å². The van der Waals surface area contributed by atoms with Gasteiger partial charge in [-0.2, -0.15) is 5.10 Å².